The number of rotatable bonds is 12. The standard InChI is InChI=1S/C30H42O7/c1-5-26(36-24-13-10-18(2)20(4)15-24)30(35)37-27-8-6-7-21-11-9-19(3)25(29(21)27)14-12-22(31)16-23(32)17-28(33)34/h7,9-11,13,15,19,22-23,25-27,29,31-32H,5-6,8,12,14,16-17H2,1-4H3,(H,33,34). The van der Waals surface area contributed by atoms with Crippen molar-refractivity contribution in [1.82, 2.24) is 0 Å². The monoisotopic (exact) mass is 514 g/mol. The molecular formula is C30H42O7. The van der Waals surface area contributed by atoms with Gasteiger partial charge in [-0.25, -0.2) is 4.79 Å². The average molecular weight is 515 g/mol. The van der Waals surface area contributed by atoms with Crippen molar-refractivity contribution in [3.63, 3.8) is 0 Å². The second-order valence-electron chi connectivity index (χ2n) is 10.6. The molecule has 7 heteroatoms. The Balaban J connectivity index is 1.67. The van der Waals surface area contributed by atoms with Crippen LogP contribution in [0, 0.1) is 31.6 Å². The van der Waals surface area contributed by atoms with Crippen molar-refractivity contribution in [2.24, 2.45) is 17.8 Å². The van der Waals surface area contributed by atoms with Crippen LogP contribution in [0.15, 0.2) is 42.0 Å². The SMILES string of the molecule is CCC(Oc1ccc(C)c(C)c1)C(=O)OC1CCC=C2C=CC(C)C(CCC(O)CC(O)CC(=O)O)C21. The first-order valence-electron chi connectivity index (χ1n) is 13.5. The summed E-state index contributed by atoms with van der Waals surface area (Å²) in [7, 11) is 0. The molecule has 37 heavy (non-hydrogen) atoms. The number of benzene rings is 1. The predicted molar refractivity (Wildman–Crippen MR) is 141 cm³/mol. The summed E-state index contributed by atoms with van der Waals surface area (Å²) in [6.07, 6.45) is 6.50. The van der Waals surface area contributed by atoms with E-state index in [0.29, 0.717) is 25.0 Å². The maximum absolute atomic E-state index is 13.2. The molecule has 7 atom stereocenters. The summed E-state index contributed by atoms with van der Waals surface area (Å²) in [5, 5.41) is 29.2. The van der Waals surface area contributed by atoms with E-state index < -0.39 is 24.3 Å². The molecule has 204 valence electrons. The van der Waals surface area contributed by atoms with E-state index in [2.05, 4.69) is 25.2 Å². The van der Waals surface area contributed by atoms with Crippen molar-refractivity contribution in [2.45, 2.75) is 97.1 Å². The zero-order valence-corrected chi connectivity index (χ0v) is 22.4. The van der Waals surface area contributed by atoms with Gasteiger partial charge in [0.05, 0.1) is 18.6 Å². The fourth-order valence-corrected chi connectivity index (χ4v) is 5.53. The number of carbonyl (C=O) groups is 2. The van der Waals surface area contributed by atoms with Gasteiger partial charge >= 0.3 is 11.9 Å². The fraction of sp³-hybridized carbons (Fsp3) is 0.600. The summed E-state index contributed by atoms with van der Waals surface area (Å²) in [6, 6.07) is 5.80. The normalized spacial score (nSPS) is 25.4. The van der Waals surface area contributed by atoms with E-state index in [0.717, 1.165) is 29.5 Å². The maximum Gasteiger partial charge on any atom is 0.347 e. The van der Waals surface area contributed by atoms with E-state index in [1.54, 1.807) is 0 Å². The minimum absolute atomic E-state index is 0.0213. The number of hydrogen-bond donors (Lipinski definition) is 3. The van der Waals surface area contributed by atoms with Gasteiger partial charge in [-0.05, 0) is 93.0 Å². The number of aliphatic carboxylic acids is 1. The molecule has 3 rings (SSSR count). The van der Waals surface area contributed by atoms with E-state index in [-0.39, 0.29) is 42.7 Å². The molecule has 2 aliphatic rings. The third-order valence-electron chi connectivity index (χ3n) is 7.79. The molecule has 0 bridgehead atoms. The van der Waals surface area contributed by atoms with Crippen molar-refractivity contribution in [2.75, 3.05) is 0 Å². The van der Waals surface area contributed by atoms with E-state index in [1.807, 2.05) is 39.0 Å². The Bertz CT molecular complexity index is 998. The van der Waals surface area contributed by atoms with Crippen LogP contribution >= 0.6 is 0 Å². The molecule has 7 unspecified atom stereocenters. The highest BCUT2D eigenvalue weighted by Gasteiger charge is 2.40. The third-order valence-corrected chi connectivity index (χ3v) is 7.79. The van der Waals surface area contributed by atoms with E-state index in [1.165, 1.54) is 0 Å². The van der Waals surface area contributed by atoms with Crippen molar-refractivity contribution in [1.29, 1.82) is 0 Å². The lowest BCUT2D eigenvalue weighted by Crippen LogP contribution is -2.42. The fourth-order valence-electron chi connectivity index (χ4n) is 5.53. The van der Waals surface area contributed by atoms with Crippen LogP contribution in [0.2, 0.25) is 0 Å². The lowest BCUT2D eigenvalue weighted by molar-refractivity contribution is -0.162. The Hall–Kier alpha value is -2.64. The Kier molecular flexibility index (Phi) is 10.4. The Labute approximate surface area is 220 Å². The summed E-state index contributed by atoms with van der Waals surface area (Å²) >= 11 is 0. The molecule has 1 aromatic carbocycles. The summed E-state index contributed by atoms with van der Waals surface area (Å²) in [4.78, 5) is 24.1. The molecule has 0 spiro atoms. The minimum atomic E-state index is -1.08. The van der Waals surface area contributed by atoms with Gasteiger partial charge in [-0.1, -0.05) is 38.1 Å². The number of carboxylic acid groups (broad SMARTS) is 1. The summed E-state index contributed by atoms with van der Waals surface area (Å²) in [6.45, 7) is 8.09. The van der Waals surface area contributed by atoms with Crippen LogP contribution in [0.1, 0.15) is 69.9 Å². The summed E-state index contributed by atoms with van der Waals surface area (Å²) < 4.78 is 12.2. The number of esters is 1. The zero-order chi connectivity index (χ0) is 27.1. The molecule has 2 aliphatic carbocycles. The van der Waals surface area contributed by atoms with E-state index in [9.17, 15) is 19.8 Å². The second kappa shape index (κ2) is 13.2. The molecule has 0 heterocycles. The van der Waals surface area contributed by atoms with Gasteiger partial charge < -0.3 is 24.8 Å². The predicted octanol–water partition coefficient (Wildman–Crippen LogP) is 4.90. The molecule has 3 N–H and O–H groups in total. The highest BCUT2D eigenvalue weighted by molar-refractivity contribution is 5.75. The van der Waals surface area contributed by atoms with Crippen LogP contribution in [0.4, 0.5) is 0 Å². The smallest absolute Gasteiger partial charge is 0.347 e. The number of carbonyl (C=O) groups excluding carboxylic acids is 1. The van der Waals surface area contributed by atoms with Crippen molar-refractivity contribution < 1.29 is 34.4 Å². The number of aliphatic hydroxyl groups excluding tert-OH is 2. The first-order valence-corrected chi connectivity index (χ1v) is 13.5. The number of fused-ring (bicyclic) bond motifs is 1. The average Bonchev–Trinajstić information content (AvgIpc) is 2.83. The highest BCUT2D eigenvalue weighted by atomic mass is 16.6. The van der Waals surface area contributed by atoms with Crippen LogP contribution < -0.4 is 4.74 Å². The lowest BCUT2D eigenvalue weighted by atomic mass is 9.66. The van der Waals surface area contributed by atoms with Gasteiger partial charge in [0.1, 0.15) is 11.9 Å². The number of hydrogen-bond acceptors (Lipinski definition) is 6. The number of aliphatic hydroxyl groups is 2. The lowest BCUT2D eigenvalue weighted by Gasteiger charge is -2.42. The maximum atomic E-state index is 13.2. The van der Waals surface area contributed by atoms with Gasteiger partial charge in [-0.2, -0.15) is 0 Å². The van der Waals surface area contributed by atoms with E-state index >= 15 is 0 Å². The first kappa shape index (κ1) is 28.9. The quantitative estimate of drug-likeness (QED) is 0.340. The van der Waals surface area contributed by atoms with Gasteiger partial charge in [0.2, 0.25) is 0 Å². The van der Waals surface area contributed by atoms with Crippen LogP contribution in [0.5, 0.6) is 5.75 Å². The molecule has 7 nitrogen and oxygen atoms in total. The van der Waals surface area contributed by atoms with Gasteiger partial charge in [0.25, 0.3) is 0 Å². The van der Waals surface area contributed by atoms with Crippen LogP contribution in [0.3, 0.4) is 0 Å². The van der Waals surface area contributed by atoms with Crippen molar-refractivity contribution in [3.05, 3.63) is 53.1 Å². The number of ether oxygens (including phenoxy) is 2. The molecule has 1 aromatic rings. The van der Waals surface area contributed by atoms with Crippen LogP contribution in [0.25, 0.3) is 0 Å². The molecule has 0 saturated heterocycles. The third kappa shape index (κ3) is 7.92. The second-order valence-corrected chi connectivity index (χ2v) is 10.6. The molecule has 0 aromatic heterocycles. The van der Waals surface area contributed by atoms with Gasteiger partial charge in [0, 0.05) is 5.92 Å². The van der Waals surface area contributed by atoms with Crippen molar-refractivity contribution >= 4 is 11.9 Å². The topological polar surface area (TPSA) is 113 Å². The Morgan fingerprint density at radius 2 is 1.89 bits per heavy atom. The van der Waals surface area contributed by atoms with Crippen molar-refractivity contribution in [3.8, 4) is 5.75 Å². The highest BCUT2D eigenvalue weighted by Crippen LogP contribution is 2.44. The summed E-state index contributed by atoms with van der Waals surface area (Å²) in [5.74, 6) is -0.382. The van der Waals surface area contributed by atoms with Gasteiger partial charge in [-0.3, -0.25) is 4.79 Å². The summed E-state index contributed by atoms with van der Waals surface area (Å²) in [5.41, 5.74) is 3.43. The molecular weight excluding hydrogens is 472 g/mol. The van der Waals surface area contributed by atoms with E-state index in [4.69, 9.17) is 14.6 Å². The Morgan fingerprint density at radius 3 is 2.57 bits per heavy atom. The number of carboxylic acids is 1. The first-order chi connectivity index (χ1) is 17.6. The van der Waals surface area contributed by atoms with Crippen LogP contribution in [-0.4, -0.2) is 51.7 Å². The number of aryl methyl sites for hydroxylation is 2. The molecule has 0 aliphatic heterocycles. The van der Waals surface area contributed by atoms with Crippen LogP contribution in [-0.2, 0) is 14.3 Å². The van der Waals surface area contributed by atoms with Gasteiger partial charge in [0.15, 0.2) is 6.10 Å². The minimum Gasteiger partial charge on any atom is -0.481 e. The van der Waals surface area contributed by atoms with Gasteiger partial charge in [-0.15, -0.1) is 0 Å². The largest absolute Gasteiger partial charge is 0.481 e. The number of allylic oxidation sites excluding steroid dienone is 3. The molecule has 0 saturated carbocycles. The zero-order valence-electron chi connectivity index (χ0n) is 22.4. The molecule has 0 radical (unpaired) electrons. The molecule has 0 amide bonds. The molecule has 0 fully saturated rings. The Morgan fingerprint density at radius 1 is 1.14 bits per heavy atom.